The van der Waals surface area contributed by atoms with Crippen LogP contribution in [0.4, 0.5) is 0 Å². The van der Waals surface area contributed by atoms with E-state index in [-0.39, 0.29) is 0 Å². The van der Waals surface area contributed by atoms with E-state index in [1.54, 1.807) is 0 Å². The van der Waals surface area contributed by atoms with Gasteiger partial charge in [0, 0.05) is 24.2 Å². The second-order valence-electron chi connectivity index (χ2n) is 5.57. The summed E-state index contributed by atoms with van der Waals surface area (Å²) in [5.74, 6) is 0. The fraction of sp³-hybridized carbons (Fsp3) is 0.500. The van der Waals surface area contributed by atoms with Crippen LogP contribution in [0, 0.1) is 13.8 Å². The maximum atomic E-state index is 3.61. The van der Waals surface area contributed by atoms with Crippen LogP contribution in [0.1, 0.15) is 29.7 Å². The topological polar surface area (TPSA) is 17.0 Å². The molecule has 2 aromatic rings. The van der Waals surface area contributed by atoms with Gasteiger partial charge in [-0.15, -0.1) is 0 Å². The highest BCUT2D eigenvalue weighted by Crippen LogP contribution is 2.28. The molecule has 1 N–H and O–H groups in total. The molecule has 1 aromatic heterocycles. The fourth-order valence-electron chi connectivity index (χ4n) is 2.92. The Morgan fingerprint density at radius 1 is 1.28 bits per heavy atom. The molecule has 0 spiro atoms. The zero-order valence-corrected chi connectivity index (χ0v) is 11.6. The quantitative estimate of drug-likeness (QED) is 0.872. The number of para-hydroxylation sites is 1. The molecule has 0 bridgehead atoms. The van der Waals surface area contributed by atoms with Gasteiger partial charge < -0.3 is 9.88 Å². The molecule has 3 rings (SSSR count). The number of benzene rings is 1. The molecule has 1 aliphatic carbocycles. The summed E-state index contributed by atoms with van der Waals surface area (Å²) in [6.07, 6.45) is 3.88. The molecule has 0 aliphatic heterocycles. The molecule has 0 radical (unpaired) electrons. The third kappa shape index (κ3) is 1.95. The number of hydrogen-bond donors (Lipinski definition) is 1. The molecule has 0 amide bonds. The van der Waals surface area contributed by atoms with E-state index in [1.165, 1.54) is 40.6 Å². The van der Waals surface area contributed by atoms with Gasteiger partial charge in [0.1, 0.15) is 0 Å². The largest absolute Gasteiger partial charge is 0.347 e. The van der Waals surface area contributed by atoms with Crippen LogP contribution in [0.25, 0.3) is 10.9 Å². The zero-order chi connectivity index (χ0) is 12.7. The Morgan fingerprint density at radius 2 is 2.06 bits per heavy atom. The summed E-state index contributed by atoms with van der Waals surface area (Å²) in [5.41, 5.74) is 5.71. The van der Waals surface area contributed by atoms with Crippen molar-refractivity contribution in [1.82, 2.24) is 9.88 Å². The van der Waals surface area contributed by atoms with E-state index in [9.17, 15) is 0 Å². The van der Waals surface area contributed by atoms with Gasteiger partial charge in [0.15, 0.2) is 0 Å². The number of fused-ring (bicyclic) bond motifs is 1. The van der Waals surface area contributed by atoms with Gasteiger partial charge in [-0.05, 0) is 50.8 Å². The first-order valence-electron chi connectivity index (χ1n) is 6.95. The first-order chi connectivity index (χ1) is 8.68. The SMILES string of the molecule is Cc1cccc2c(CCNC3CC3)c(C)n(C)c12. The minimum Gasteiger partial charge on any atom is -0.347 e. The van der Waals surface area contributed by atoms with Crippen molar-refractivity contribution in [2.24, 2.45) is 7.05 Å². The highest BCUT2D eigenvalue weighted by Gasteiger charge is 2.20. The van der Waals surface area contributed by atoms with Gasteiger partial charge in [0.05, 0.1) is 5.52 Å². The Balaban J connectivity index is 1.94. The molecule has 1 heterocycles. The average molecular weight is 242 g/mol. The highest BCUT2D eigenvalue weighted by atomic mass is 15.0. The molecule has 1 fully saturated rings. The van der Waals surface area contributed by atoms with Crippen molar-refractivity contribution in [3.05, 3.63) is 35.0 Å². The van der Waals surface area contributed by atoms with E-state index in [0.29, 0.717) is 0 Å². The van der Waals surface area contributed by atoms with E-state index < -0.39 is 0 Å². The normalized spacial score (nSPS) is 15.5. The zero-order valence-electron chi connectivity index (χ0n) is 11.6. The summed E-state index contributed by atoms with van der Waals surface area (Å²) in [6.45, 7) is 5.55. The van der Waals surface area contributed by atoms with E-state index in [4.69, 9.17) is 0 Å². The van der Waals surface area contributed by atoms with Crippen molar-refractivity contribution in [3.8, 4) is 0 Å². The molecule has 2 nitrogen and oxygen atoms in total. The van der Waals surface area contributed by atoms with Crippen molar-refractivity contribution in [2.75, 3.05) is 6.54 Å². The maximum absolute atomic E-state index is 3.61. The summed E-state index contributed by atoms with van der Waals surface area (Å²) in [7, 11) is 2.18. The number of aryl methyl sites for hydroxylation is 2. The number of nitrogens with zero attached hydrogens (tertiary/aromatic N) is 1. The van der Waals surface area contributed by atoms with Crippen molar-refractivity contribution in [1.29, 1.82) is 0 Å². The molecule has 1 aliphatic rings. The molecule has 18 heavy (non-hydrogen) atoms. The molecule has 1 saturated carbocycles. The van der Waals surface area contributed by atoms with E-state index in [1.807, 2.05) is 0 Å². The second kappa shape index (κ2) is 4.43. The lowest BCUT2D eigenvalue weighted by Gasteiger charge is -2.04. The van der Waals surface area contributed by atoms with Crippen LogP contribution >= 0.6 is 0 Å². The first-order valence-corrected chi connectivity index (χ1v) is 6.95. The summed E-state index contributed by atoms with van der Waals surface area (Å²) in [6, 6.07) is 7.45. The number of aromatic nitrogens is 1. The van der Waals surface area contributed by atoms with E-state index in [2.05, 4.69) is 49.0 Å². The number of hydrogen-bond acceptors (Lipinski definition) is 1. The average Bonchev–Trinajstić information content (AvgIpc) is 3.13. The molecule has 1 aromatic carbocycles. The van der Waals surface area contributed by atoms with Crippen LogP contribution < -0.4 is 5.32 Å². The van der Waals surface area contributed by atoms with E-state index >= 15 is 0 Å². The lowest BCUT2D eigenvalue weighted by atomic mass is 10.1. The Labute approximate surface area is 109 Å². The Bertz CT molecular complexity index is 576. The van der Waals surface area contributed by atoms with Gasteiger partial charge in [0.25, 0.3) is 0 Å². The van der Waals surface area contributed by atoms with Crippen molar-refractivity contribution >= 4 is 10.9 Å². The van der Waals surface area contributed by atoms with Crippen LogP contribution in [-0.2, 0) is 13.5 Å². The van der Waals surface area contributed by atoms with Crippen molar-refractivity contribution in [2.45, 2.75) is 39.2 Å². The Hall–Kier alpha value is -1.28. The predicted octanol–water partition coefficient (Wildman–Crippen LogP) is 3.09. The van der Waals surface area contributed by atoms with Gasteiger partial charge in [-0.2, -0.15) is 0 Å². The lowest BCUT2D eigenvalue weighted by molar-refractivity contribution is 0.680. The van der Waals surface area contributed by atoms with Crippen LogP contribution in [0.5, 0.6) is 0 Å². The summed E-state index contributed by atoms with van der Waals surface area (Å²) in [4.78, 5) is 0. The molecule has 0 saturated heterocycles. The predicted molar refractivity (Wildman–Crippen MR) is 77.1 cm³/mol. The molecular weight excluding hydrogens is 220 g/mol. The van der Waals surface area contributed by atoms with E-state index in [0.717, 1.165) is 19.0 Å². The summed E-state index contributed by atoms with van der Waals surface area (Å²) >= 11 is 0. The van der Waals surface area contributed by atoms with Gasteiger partial charge in [-0.1, -0.05) is 18.2 Å². The maximum Gasteiger partial charge on any atom is 0.0512 e. The van der Waals surface area contributed by atoms with Crippen LogP contribution in [0.3, 0.4) is 0 Å². The molecular formula is C16H22N2. The van der Waals surface area contributed by atoms with Crippen LogP contribution in [0.15, 0.2) is 18.2 Å². The van der Waals surface area contributed by atoms with Gasteiger partial charge >= 0.3 is 0 Å². The van der Waals surface area contributed by atoms with Crippen LogP contribution in [0.2, 0.25) is 0 Å². The Morgan fingerprint density at radius 3 is 2.78 bits per heavy atom. The Kier molecular flexibility index (Phi) is 2.90. The van der Waals surface area contributed by atoms with Gasteiger partial charge in [0.2, 0.25) is 0 Å². The smallest absolute Gasteiger partial charge is 0.0512 e. The lowest BCUT2D eigenvalue weighted by Crippen LogP contribution is -2.19. The minimum absolute atomic E-state index is 0.807. The second-order valence-corrected chi connectivity index (χ2v) is 5.57. The fourth-order valence-corrected chi connectivity index (χ4v) is 2.92. The standard InChI is InChI=1S/C16H22N2/c1-11-5-4-6-15-14(9-10-17-13-7-8-13)12(2)18(3)16(11)15/h4-6,13,17H,7-10H2,1-3H3. The first kappa shape index (κ1) is 11.8. The summed E-state index contributed by atoms with van der Waals surface area (Å²) in [5, 5.41) is 5.05. The summed E-state index contributed by atoms with van der Waals surface area (Å²) < 4.78 is 2.34. The molecule has 0 atom stereocenters. The van der Waals surface area contributed by atoms with Crippen LogP contribution in [-0.4, -0.2) is 17.2 Å². The molecule has 96 valence electrons. The highest BCUT2D eigenvalue weighted by molar-refractivity contribution is 5.88. The van der Waals surface area contributed by atoms with Crippen molar-refractivity contribution in [3.63, 3.8) is 0 Å². The number of nitrogens with one attached hydrogen (secondary N) is 1. The minimum atomic E-state index is 0.807. The van der Waals surface area contributed by atoms with Crippen molar-refractivity contribution < 1.29 is 0 Å². The molecule has 2 heteroatoms. The number of rotatable bonds is 4. The van der Waals surface area contributed by atoms with Gasteiger partial charge in [-0.3, -0.25) is 0 Å². The third-order valence-corrected chi connectivity index (χ3v) is 4.22. The third-order valence-electron chi connectivity index (χ3n) is 4.22. The molecule has 0 unspecified atom stereocenters. The monoisotopic (exact) mass is 242 g/mol. The van der Waals surface area contributed by atoms with Gasteiger partial charge in [-0.25, -0.2) is 0 Å².